The Morgan fingerprint density at radius 1 is 0.244 bits per heavy atom. The lowest BCUT2D eigenvalue weighted by Crippen LogP contribution is -1.97. The maximum absolute atomic E-state index is 5.34. The van der Waals surface area contributed by atoms with Gasteiger partial charge in [-0.15, -0.1) is 0 Å². The van der Waals surface area contributed by atoms with E-state index >= 15 is 0 Å². The molecule has 15 aromatic rings. The summed E-state index contributed by atoms with van der Waals surface area (Å²) in [5.74, 6) is 1.87. The van der Waals surface area contributed by atoms with Gasteiger partial charge in [-0.25, -0.2) is 9.97 Å². The molecule has 0 amide bonds. The summed E-state index contributed by atoms with van der Waals surface area (Å²) in [5.41, 5.74) is 25.0. The van der Waals surface area contributed by atoms with Gasteiger partial charge in [0.15, 0.2) is 0 Å². The average molecular weight is 1050 g/mol. The highest BCUT2D eigenvalue weighted by atomic mass is 15.1. The van der Waals surface area contributed by atoms with Gasteiger partial charge in [-0.1, -0.05) is 243 Å². The molecule has 4 heteroatoms. The Hall–Kier alpha value is -10.7. The Bertz CT molecular complexity index is 4540. The van der Waals surface area contributed by atoms with Crippen LogP contribution in [0.5, 0.6) is 0 Å². The minimum atomic E-state index is 0.935. The fourth-order valence-electron chi connectivity index (χ4n) is 12.5. The molecule has 0 aliphatic rings. The molecule has 2 heterocycles. The molecule has 4 nitrogen and oxygen atoms in total. The number of nitrogens with zero attached hydrogens (tertiary/aromatic N) is 4. The van der Waals surface area contributed by atoms with Gasteiger partial charge in [0.25, 0.3) is 0 Å². The predicted molar refractivity (Wildman–Crippen MR) is 344 cm³/mol. The molecule has 13 aromatic carbocycles. The maximum atomic E-state index is 5.34. The second-order valence-electron chi connectivity index (χ2n) is 21.3. The molecule has 0 N–H and O–H groups in total. The van der Waals surface area contributed by atoms with Gasteiger partial charge in [-0.3, -0.25) is 9.13 Å². The Morgan fingerprint density at radius 3 is 0.902 bits per heavy atom. The summed E-state index contributed by atoms with van der Waals surface area (Å²) < 4.78 is 4.57. The predicted octanol–water partition coefficient (Wildman–Crippen LogP) is 20.6. The van der Waals surface area contributed by atoms with E-state index in [1.165, 1.54) is 66.1 Å². The first-order valence-corrected chi connectivity index (χ1v) is 28.1. The molecule has 0 aliphatic heterocycles. The lowest BCUT2D eigenvalue weighted by molar-refractivity contribution is 1.10. The van der Waals surface area contributed by atoms with Gasteiger partial charge < -0.3 is 0 Å². The molecule has 0 fully saturated rings. The van der Waals surface area contributed by atoms with E-state index in [0.717, 1.165) is 89.6 Å². The summed E-state index contributed by atoms with van der Waals surface area (Å²) >= 11 is 0. The van der Waals surface area contributed by atoms with E-state index in [1.807, 2.05) is 0 Å². The number of benzene rings is 13. The van der Waals surface area contributed by atoms with Gasteiger partial charge in [-0.2, -0.15) is 0 Å². The van der Waals surface area contributed by atoms with E-state index in [1.54, 1.807) is 0 Å². The van der Waals surface area contributed by atoms with E-state index in [2.05, 4.69) is 314 Å². The standard InChI is InChI=1S/C78H54N4/c1-51-65(45-47-71-75(51)79-77(59-25-13-5-14-26-59)81(71)63-29-17-7-18-30-63)55-37-33-53(34-38-55)61-41-43-67-69(49-61)73(57-21-9-3-10-22-57)68-44-42-62(50-70(68)74(67)58-23-11-4-12-24-58)54-35-39-56(40-36-54)66-46-48-72-76(52(66)2)80-78(60-27-15-6-16-28-60)82(72)64-31-19-8-20-32-64/h3-50H,1-2H3. The molecule has 386 valence electrons. The zero-order valence-electron chi connectivity index (χ0n) is 45.5. The van der Waals surface area contributed by atoms with E-state index < -0.39 is 0 Å². The highest BCUT2D eigenvalue weighted by Gasteiger charge is 2.22. The van der Waals surface area contributed by atoms with Crippen molar-refractivity contribution in [1.29, 1.82) is 0 Å². The molecule has 0 unspecified atom stereocenters. The maximum Gasteiger partial charge on any atom is 0.145 e. The molecular weight excluding hydrogens is 993 g/mol. The van der Waals surface area contributed by atoms with Crippen molar-refractivity contribution >= 4 is 43.6 Å². The van der Waals surface area contributed by atoms with Crippen LogP contribution in [0.4, 0.5) is 0 Å². The molecule has 2 aromatic heterocycles. The van der Waals surface area contributed by atoms with Gasteiger partial charge in [0, 0.05) is 22.5 Å². The highest BCUT2D eigenvalue weighted by Crippen LogP contribution is 2.47. The van der Waals surface area contributed by atoms with Crippen molar-refractivity contribution in [3.05, 3.63) is 302 Å². The number of hydrogen-bond donors (Lipinski definition) is 0. The Labute approximate surface area is 477 Å². The first-order valence-electron chi connectivity index (χ1n) is 28.1. The molecule has 0 atom stereocenters. The minimum absolute atomic E-state index is 0.935. The first-order chi connectivity index (χ1) is 40.5. The van der Waals surface area contributed by atoms with E-state index in [-0.39, 0.29) is 0 Å². The summed E-state index contributed by atoms with van der Waals surface area (Å²) in [6, 6.07) is 105. The second-order valence-corrected chi connectivity index (χ2v) is 21.3. The van der Waals surface area contributed by atoms with Crippen LogP contribution in [0.2, 0.25) is 0 Å². The van der Waals surface area contributed by atoms with Crippen LogP contribution < -0.4 is 0 Å². The van der Waals surface area contributed by atoms with Gasteiger partial charge in [0.1, 0.15) is 11.6 Å². The second kappa shape index (κ2) is 20.2. The summed E-state index contributed by atoms with van der Waals surface area (Å²) in [6.45, 7) is 4.41. The van der Waals surface area contributed by atoms with Crippen molar-refractivity contribution in [2.24, 2.45) is 0 Å². The molecule has 15 rings (SSSR count). The van der Waals surface area contributed by atoms with Gasteiger partial charge >= 0.3 is 0 Å². The number of hydrogen-bond acceptors (Lipinski definition) is 2. The van der Waals surface area contributed by atoms with Crippen molar-refractivity contribution in [2.75, 3.05) is 0 Å². The van der Waals surface area contributed by atoms with E-state index in [9.17, 15) is 0 Å². The van der Waals surface area contributed by atoms with Crippen LogP contribution in [0, 0.1) is 13.8 Å². The van der Waals surface area contributed by atoms with Crippen LogP contribution in [0.15, 0.2) is 291 Å². The highest BCUT2D eigenvalue weighted by molar-refractivity contribution is 6.22. The van der Waals surface area contributed by atoms with Crippen LogP contribution in [-0.2, 0) is 0 Å². The summed E-state index contributed by atoms with van der Waals surface area (Å²) in [7, 11) is 0. The molecule has 0 bridgehead atoms. The van der Waals surface area contributed by atoms with Gasteiger partial charge in [-0.05, 0) is 162 Å². The zero-order chi connectivity index (χ0) is 54.7. The molecule has 0 radical (unpaired) electrons. The SMILES string of the molecule is Cc1c(-c2ccc(-c3ccc4c(-c5ccccc5)c5cc(-c6ccc(-c7ccc8c(nc(-c9ccccc9)n8-c8ccccc8)c7C)cc6)ccc5c(-c5ccccc5)c4c3)cc2)ccc2c1nc(-c1ccccc1)n2-c1ccccc1. The summed E-state index contributed by atoms with van der Waals surface area (Å²) in [4.78, 5) is 10.7. The van der Waals surface area contributed by atoms with Crippen LogP contribution in [0.25, 0.3) is 145 Å². The molecule has 0 saturated heterocycles. The summed E-state index contributed by atoms with van der Waals surface area (Å²) in [6.07, 6.45) is 0. The van der Waals surface area contributed by atoms with Crippen molar-refractivity contribution in [3.63, 3.8) is 0 Å². The van der Waals surface area contributed by atoms with E-state index in [4.69, 9.17) is 9.97 Å². The monoisotopic (exact) mass is 1050 g/mol. The smallest absolute Gasteiger partial charge is 0.145 e. The van der Waals surface area contributed by atoms with Crippen molar-refractivity contribution in [1.82, 2.24) is 19.1 Å². The molecule has 82 heavy (non-hydrogen) atoms. The molecular formula is C78H54N4. The quantitative estimate of drug-likeness (QED) is 0.128. The number of aromatic nitrogens is 4. The Kier molecular flexibility index (Phi) is 11.9. The summed E-state index contributed by atoms with van der Waals surface area (Å²) in [5, 5.41) is 4.88. The van der Waals surface area contributed by atoms with Crippen molar-refractivity contribution in [2.45, 2.75) is 13.8 Å². The normalized spacial score (nSPS) is 11.5. The Balaban J connectivity index is 0.814. The van der Waals surface area contributed by atoms with Crippen molar-refractivity contribution < 1.29 is 0 Å². The number of rotatable bonds is 10. The van der Waals surface area contributed by atoms with Crippen molar-refractivity contribution in [3.8, 4) is 101 Å². The van der Waals surface area contributed by atoms with Crippen LogP contribution in [0.1, 0.15) is 11.1 Å². The van der Waals surface area contributed by atoms with Gasteiger partial charge in [0.2, 0.25) is 0 Å². The van der Waals surface area contributed by atoms with Crippen LogP contribution in [-0.4, -0.2) is 19.1 Å². The fraction of sp³-hybridized carbons (Fsp3) is 0.0256. The topological polar surface area (TPSA) is 35.6 Å². The van der Waals surface area contributed by atoms with Crippen LogP contribution in [0.3, 0.4) is 0 Å². The zero-order valence-corrected chi connectivity index (χ0v) is 45.5. The lowest BCUT2D eigenvalue weighted by atomic mass is 9.83. The third kappa shape index (κ3) is 8.31. The minimum Gasteiger partial charge on any atom is -0.292 e. The molecule has 0 saturated carbocycles. The first kappa shape index (κ1) is 48.4. The van der Waals surface area contributed by atoms with Crippen LogP contribution >= 0.6 is 0 Å². The van der Waals surface area contributed by atoms with Gasteiger partial charge in [0.05, 0.1) is 22.1 Å². The van der Waals surface area contributed by atoms with E-state index in [0.29, 0.717) is 0 Å². The lowest BCUT2D eigenvalue weighted by Gasteiger charge is -2.20. The average Bonchev–Trinajstić information content (AvgIpc) is 3.62. The molecule has 0 aliphatic carbocycles. The Morgan fingerprint density at radius 2 is 0.549 bits per heavy atom. The fourth-order valence-corrected chi connectivity index (χ4v) is 12.5. The number of fused-ring (bicyclic) bond motifs is 4. The third-order valence-electron chi connectivity index (χ3n) is 16.6. The largest absolute Gasteiger partial charge is 0.292 e. The number of para-hydroxylation sites is 2. The number of imidazole rings is 2. The third-order valence-corrected chi connectivity index (χ3v) is 16.6. The number of aryl methyl sites for hydroxylation is 2. The molecule has 0 spiro atoms.